The maximum absolute atomic E-state index is 5.48. The average molecular weight is 275 g/mol. The molecule has 0 aromatic heterocycles. The van der Waals surface area contributed by atoms with Gasteiger partial charge in [-0.2, -0.15) is 0 Å². The zero-order chi connectivity index (χ0) is 13.9. The van der Waals surface area contributed by atoms with E-state index in [1.54, 1.807) is 7.11 Å². The molecule has 110 valence electrons. The van der Waals surface area contributed by atoms with Crippen molar-refractivity contribution in [1.82, 2.24) is 15.1 Å². The molecule has 0 unspecified atom stereocenters. The fourth-order valence-electron chi connectivity index (χ4n) is 3.09. The molecule has 0 bridgehead atoms. The summed E-state index contributed by atoms with van der Waals surface area (Å²) in [6, 6.07) is 7.23. The van der Waals surface area contributed by atoms with Crippen molar-refractivity contribution in [3.8, 4) is 5.75 Å². The molecule has 1 aromatic rings. The fourth-order valence-corrected chi connectivity index (χ4v) is 3.09. The molecule has 0 spiro atoms. The van der Waals surface area contributed by atoms with Crippen LogP contribution in [-0.4, -0.2) is 62.2 Å². The first-order valence-electron chi connectivity index (χ1n) is 7.57. The van der Waals surface area contributed by atoms with E-state index in [1.807, 2.05) is 0 Å². The van der Waals surface area contributed by atoms with Crippen LogP contribution in [0.5, 0.6) is 5.75 Å². The van der Waals surface area contributed by atoms with E-state index in [1.165, 1.54) is 37.3 Å². The molecule has 2 saturated heterocycles. The van der Waals surface area contributed by atoms with Crippen molar-refractivity contribution in [2.75, 3.05) is 46.4 Å². The molecule has 0 saturated carbocycles. The van der Waals surface area contributed by atoms with E-state index in [0.29, 0.717) is 0 Å². The number of piperazine rings is 1. The topological polar surface area (TPSA) is 27.7 Å². The van der Waals surface area contributed by atoms with Crippen molar-refractivity contribution >= 4 is 0 Å². The van der Waals surface area contributed by atoms with Gasteiger partial charge in [-0.25, -0.2) is 0 Å². The zero-order valence-electron chi connectivity index (χ0n) is 12.6. The molecule has 1 N–H and O–H groups in total. The van der Waals surface area contributed by atoms with E-state index in [9.17, 15) is 0 Å². The van der Waals surface area contributed by atoms with Crippen molar-refractivity contribution in [2.24, 2.45) is 0 Å². The van der Waals surface area contributed by atoms with E-state index in [0.717, 1.165) is 31.4 Å². The van der Waals surface area contributed by atoms with Gasteiger partial charge < -0.3 is 10.1 Å². The SMILES string of the molecule is COc1ccc(C)cc1CN1CCN(C2CNC2)CC1. The molecule has 0 aliphatic carbocycles. The lowest BCUT2D eigenvalue weighted by Gasteiger charge is -2.43. The second-order valence-corrected chi connectivity index (χ2v) is 5.94. The molecule has 0 radical (unpaired) electrons. The molecule has 0 atom stereocenters. The van der Waals surface area contributed by atoms with E-state index in [-0.39, 0.29) is 0 Å². The number of nitrogens with zero attached hydrogens (tertiary/aromatic N) is 2. The summed E-state index contributed by atoms with van der Waals surface area (Å²) in [7, 11) is 1.76. The number of methoxy groups -OCH3 is 1. The molecule has 4 nitrogen and oxygen atoms in total. The maximum atomic E-state index is 5.48. The maximum Gasteiger partial charge on any atom is 0.123 e. The first-order valence-corrected chi connectivity index (χ1v) is 7.57. The van der Waals surface area contributed by atoms with Crippen LogP contribution in [0.4, 0.5) is 0 Å². The molecule has 4 heteroatoms. The predicted octanol–water partition coefficient (Wildman–Crippen LogP) is 1.09. The highest BCUT2D eigenvalue weighted by Crippen LogP contribution is 2.22. The molecular formula is C16H25N3O. The van der Waals surface area contributed by atoms with Crippen LogP contribution < -0.4 is 10.1 Å². The van der Waals surface area contributed by atoms with E-state index >= 15 is 0 Å². The quantitative estimate of drug-likeness (QED) is 0.890. The molecule has 0 amide bonds. The summed E-state index contributed by atoms with van der Waals surface area (Å²) >= 11 is 0. The van der Waals surface area contributed by atoms with Gasteiger partial charge in [-0.3, -0.25) is 9.80 Å². The molecule has 1 aromatic carbocycles. The molecule has 2 aliphatic rings. The second-order valence-electron chi connectivity index (χ2n) is 5.94. The van der Waals surface area contributed by atoms with Crippen LogP contribution in [0.1, 0.15) is 11.1 Å². The molecule has 2 heterocycles. The highest BCUT2D eigenvalue weighted by Gasteiger charge is 2.27. The minimum absolute atomic E-state index is 0.783. The number of ether oxygens (including phenoxy) is 1. The third-order valence-corrected chi connectivity index (χ3v) is 4.51. The average Bonchev–Trinajstić information content (AvgIpc) is 2.39. The van der Waals surface area contributed by atoms with Gasteiger partial charge in [0.1, 0.15) is 5.75 Å². The predicted molar refractivity (Wildman–Crippen MR) is 81.2 cm³/mol. The minimum atomic E-state index is 0.783. The van der Waals surface area contributed by atoms with Crippen LogP contribution in [0, 0.1) is 6.92 Å². The Morgan fingerprint density at radius 3 is 2.55 bits per heavy atom. The van der Waals surface area contributed by atoms with Gasteiger partial charge in [0, 0.05) is 57.4 Å². The Hall–Kier alpha value is -1.10. The summed E-state index contributed by atoms with van der Waals surface area (Å²) in [5.74, 6) is 1.02. The molecule has 20 heavy (non-hydrogen) atoms. The van der Waals surface area contributed by atoms with Gasteiger partial charge >= 0.3 is 0 Å². The lowest BCUT2D eigenvalue weighted by molar-refractivity contribution is 0.0692. The summed E-state index contributed by atoms with van der Waals surface area (Å²) in [5.41, 5.74) is 2.62. The normalized spacial score (nSPS) is 21.7. The van der Waals surface area contributed by atoms with Crippen molar-refractivity contribution in [1.29, 1.82) is 0 Å². The van der Waals surface area contributed by atoms with Crippen molar-refractivity contribution in [2.45, 2.75) is 19.5 Å². The number of benzene rings is 1. The third-order valence-electron chi connectivity index (χ3n) is 4.51. The van der Waals surface area contributed by atoms with Crippen LogP contribution in [0.15, 0.2) is 18.2 Å². The Balaban J connectivity index is 1.57. The number of hydrogen-bond acceptors (Lipinski definition) is 4. The standard InChI is InChI=1S/C16H25N3O/c1-13-3-4-16(20-2)14(9-13)12-18-5-7-19(8-6-18)15-10-17-11-15/h3-4,9,15,17H,5-8,10-12H2,1-2H3. The van der Waals surface area contributed by atoms with Crippen molar-refractivity contribution in [3.63, 3.8) is 0 Å². The smallest absolute Gasteiger partial charge is 0.123 e. The van der Waals surface area contributed by atoms with Crippen LogP contribution in [0.3, 0.4) is 0 Å². The molecular weight excluding hydrogens is 250 g/mol. The van der Waals surface area contributed by atoms with Crippen molar-refractivity contribution in [3.05, 3.63) is 29.3 Å². The Morgan fingerprint density at radius 2 is 1.95 bits per heavy atom. The van der Waals surface area contributed by atoms with E-state index in [2.05, 4.69) is 40.2 Å². The number of rotatable bonds is 4. The highest BCUT2D eigenvalue weighted by molar-refractivity contribution is 5.36. The lowest BCUT2D eigenvalue weighted by atomic mass is 10.1. The highest BCUT2D eigenvalue weighted by atomic mass is 16.5. The van der Waals surface area contributed by atoms with Crippen molar-refractivity contribution < 1.29 is 4.74 Å². The molecule has 3 rings (SSSR count). The second kappa shape index (κ2) is 6.12. The molecule has 2 aliphatic heterocycles. The van der Waals surface area contributed by atoms with Gasteiger partial charge in [0.25, 0.3) is 0 Å². The lowest BCUT2D eigenvalue weighted by Crippen LogP contribution is -2.61. The van der Waals surface area contributed by atoms with Gasteiger partial charge in [0.15, 0.2) is 0 Å². The minimum Gasteiger partial charge on any atom is -0.496 e. The summed E-state index contributed by atoms with van der Waals surface area (Å²) in [6.07, 6.45) is 0. The first-order chi connectivity index (χ1) is 9.76. The summed E-state index contributed by atoms with van der Waals surface area (Å²) < 4.78 is 5.48. The van der Waals surface area contributed by atoms with Crippen LogP contribution in [0.2, 0.25) is 0 Å². The monoisotopic (exact) mass is 275 g/mol. The summed E-state index contributed by atoms with van der Waals surface area (Å²) in [4.78, 5) is 5.17. The van der Waals surface area contributed by atoms with E-state index < -0.39 is 0 Å². The van der Waals surface area contributed by atoms with Gasteiger partial charge in [0.2, 0.25) is 0 Å². The summed E-state index contributed by atoms with van der Waals surface area (Å²) in [5, 5.41) is 3.36. The Bertz CT molecular complexity index is 451. The Morgan fingerprint density at radius 1 is 1.20 bits per heavy atom. The third kappa shape index (κ3) is 2.97. The Kier molecular flexibility index (Phi) is 4.24. The van der Waals surface area contributed by atoms with Crippen LogP contribution in [0.25, 0.3) is 0 Å². The first kappa shape index (κ1) is 13.9. The molecule has 2 fully saturated rings. The largest absolute Gasteiger partial charge is 0.496 e. The van der Waals surface area contributed by atoms with Gasteiger partial charge in [-0.05, 0) is 13.0 Å². The number of hydrogen-bond donors (Lipinski definition) is 1. The summed E-state index contributed by atoms with van der Waals surface area (Å²) in [6.45, 7) is 10.2. The van der Waals surface area contributed by atoms with Crippen LogP contribution in [-0.2, 0) is 6.54 Å². The van der Waals surface area contributed by atoms with Gasteiger partial charge in [-0.1, -0.05) is 17.7 Å². The Labute approximate surface area is 121 Å². The van der Waals surface area contributed by atoms with Crippen LogP contribution >= 0.6 is 0 Å². The zero-order valence-corrected chi connectivity index (χ0v) is 12.6. The van der Waals surface area contributed by atoms with E-state index in [4.69, 9.17) is 4.74 Å². The fraction of sp³-hybridized carbons (Fsp3) is 0.625. The van der Waals surface area contributed by atoms with Gasteiger partial charge in [-0.15, -0.1) is 0 Å². The number of nitrogens with one attached hydrogen (secondary N) is 1. The van der Waals surface area contributed by atoms with Gasteiger partial charge in [0.05, 0.1) is 7.11 Å². The number of aryl methyl sites for hydroxylation is 1.